The zero-order chi connectivity index (χ0) is 25.7. The van der Waals surface area contributed by atoms with Crippen LogP contribution in [0.3, 0.4) is 0 Å². The molecule has 10 heteroatoms. The van der Waals surface area contributed by atoms with Crippen molar-refractivity contribution in [3.8, 4) is 22.6 Å². The molecule has 10 nitrogen and oxygen atoms in total. The predicted molar refractivity (Wildman–Crippen MR) is 128 cm³/mol. The summed E-state index contributed by atoms with van der Waals surface area (Å²) in [4.78, 5) is 52.6. The number of ether oxygens (including phenoxy) is 2. The summed E-state index contributed by atoms with van der Waals surface area (Å²) in [6, 6.07) is 9.91. The van der Waals surface area contributed by atoms with Gasteiger partial charge in [-0.2, -0.15) is 0 Å². The molecule has 0 unspecified atom stereocenters. The molecule has 1 aliphatic rings. The van der Waals surface area contributed by atoms with Gasteiger partial charge in [-0.15, -0.1) is 0 Å². The topological polar surface area (TPSA) is 125 Å². The summed E-state index contributed by atoms with van der Waals surface area (Å²) in [5.41, 5.74) is 2.08. The minimum Gasteiger partial charge on any atom is -0.497 e. The maximum Gasteiger partial charge on any atom is 0.323 e. The number of aliphatic carboxylic acids is 1. The van der Waals surface area contributed by atoms with E-state index in [0.29, 0.717) is 22.8 Å². The van der Waals surface area contributed by atoms with Crippen LogP contribution in [0.25, 0.3) is 11.1 Å². The number of methoxy groups -OCH3 is 2. The molecule has 0 radical (unpaired) electrons. The molecule has 0 saturated heterocycles. The first-order chi connectivity index (χ1) is 16.7. The van der Waals surface area contributed by atoms with Crippen molar-refractivity contribution in [3.63, 3.8) is 0 Å². The number of rotatable bonds is 8. The van der Waals surface area contributed by atoms with Gasteiger partial charge in [0.15, 0.2) is 11.8 Å². The van der Waals surface area contributed by atoms with E-state index < -0.39 is 29.7 Å². The highest BCUT2D eigenvalue weighted by molar-refractivity contribution is 6.19. The van der Waals surface area contributed by atoms with Gasteiger partial charge in [0.25, 0.3) is 5.91 Å². The Balaban J connectivity index is 2.13. The number of likely N-dealkylation sites (N-methyl/N-ethyl adjacent to an activating group) is 1. The third-order valence-corrected chi connectivity index (χ3v) is 5.61. The summed E-state index contributed by atoms with van der Waals surface area (Å²) in [5, 5.41) is 11.4. The van der Waals surface area contributed by atoms with Crippen LogP contribution in [0.5, 0.6) is 11.5 Å². The molecule has 2 aromatic carbocycles. The van der Waals surface area contributed by atoms with Gasteiger partial charge in [0, 0.05) is 31.4 Å². The highest BCUT2D eigenvalue weighted by Crippen LogP contribution is 2.34. The molecule has 0 bridgehead atoms. The van der Waals surface area contributed by atoms with Crippen molar-refractivity contribution in [2.45, 2.75) is 19.4 Å². The number of carboxylic acid groups (broad SMARTS) is 1. The van der Waals surface area contributed by atoms with Gasteiger partial charge in [0.05, 0.1) is 26.3 Å². The van der Waals surface area contributed by atoms with E-state index >= 15 is 0 Å². The lowest BCUT2D eigenvalue weighted by Crippen LogP contribution is -2.58. The lowest BCUT2D eigenvalue weighted by atomic mass is 10.0. The second kappa shape index (κ2) is 10.7. The Hall–Kier alpha value is -4.34. The van der Waals surface area contributed by atoms with Crippen LogP contribution in [0.4, 0.5) is 10.5 Å². The van der Waals surface area contributed by atoms with Crippen LogP contribution in [0.15, 0.2) is 54.2 Å². The summed E-state index contributed by atoms with van der Waals surface area (Å²) in [7, 11) is 4.52. The number of anilines is 1. The fourth-order valence-electron chi connectivity index (χ4n) is 3.65. The van der Waals surface area contributed by atoms with Crippen molar-refractivity contribution in [1.29, 1.82) is 0 Å². The average Bonchev–Trinajstić information content (AvgIpc) is 2.84. The number of urea groups is 1. The molecule has 0 aliphatic carbocycles. The quantitative estimate of drug-likeness (QED) is 0.555. The Labute approximate surface area is 202 Å². The number of carbonyl (C=O) groups is 4. The Morgan fingerprint density at radius 3 is 2.40 bits per heavy atom. The van der Waals surface area contributed by atoms with E-state index in [1.807, 2.05) is 6.07 Å². The number of nitrogens with one attached hydrogen (secondary N) is 1. The fraction of sp³-hybridized carbons (Fsp3) is 0.280. The molecule has 0 spiro atoms. The molecule has 1 aliphatic heterocycles. The van der Waals surface area contributed by atoms with Gasteiger partial charge >= 0.3 is 12.0 Å². The smallest absolute Gasteiger partial charge is 0.323 e. The Bertz CT molecular complexity index is 1190. The zero-order valence-electron chi connectivity index (χ0n) is 19.9. The van der Waals surface area contributed by atoms with Crippen LogP contribution >= 0.6 is 0 Å². The van der Waals surface area contributed by atoms with E-state index in [9.17, 15) is 19.2 Å². The molecule has 35 heavy (non-hydrogen) atoms. The number of allylic oxidation sites excluding steroid dienone is 1. The van der Waals surface area contributed by atoms with Gasteiger partial charge < -0.3 is 24.8 Å². The number of amides is 3. The number of ketones is 1. The van der Waals surface area contributed by atoms with Gasteiger partial charge in [-0.25, -0.2) is 4.79 Å². The zero-order valence-corrected chi connectivity index (χ0v) is 19.9. The summed E-state index contributed by atoms with van der Waals surface area (Å²) in [5.74, 6) is -1.24. The molecule has 3 rings (SSSR count). The maximum atomic E-state index is 13.3. The summed E-state index contributed by atoms with van der Waals surface area (Å²) < 4.78 is 10.7. The monoisotopic (exact) mass is 481 g/mol. The van der Waals surface area contributed by atoms with Crippen molar-refractivity contribution >= 4 is 29.4 Å². The van der Waals surface area contributed by atoms with E-state index in [2.05, 4.69) is 5.32 Å². The van der Waals surface area contributed by atoms with Gasteiger partial charge in [-0.05, 0) is 42.3 Å². The Morgan fingerprint density at radius 1 is 1.06 bits per heavy atom. The van der Waals surface area contributed by atoms with Crippen molar-refractivity contribution in [2.24, 2.45) is 0 Å². The van der Waals surface area contributed by atoms with Crippen LogP contribution in [-0.4, -0.2) is 67.6 Å². The molecule has 0 fully saturated rings. The second-order valence-corrected chi connectivity index (χ2v) is 7.89. The van der Waals surface area contributed by atoms with Gasteiger partial charge in [0.1, 0.15) is 11.5 Å². The number of benzene rings is 2. The van der Waals surface area contributed by atoms with E-state index in [-0.39, 0.29) is 18.7 Å². The van der Waals surface area contributed by atoms with E-state index in [0.717, 1.165) is 10.5 Å². The lowest BCUT2D eigenvalue weighted by molar-refractivity contribution is -0.137. The first-order valence-corrected chi connectivity index (χ1v) is 10.8. The van der Waals surface area contributed by atoms with Gasteiger partial charge in [-0.3, -0.25) is 19.3 Å². The summed E-state index contributed by atoms with van der Waals surface area (Å²) in [6.07, 6.45) is 0.977. The van der Waals surface area contributed by atoms with Crippen LogP contribution in [0.2, 0.25) is 0 Å². The average molecular weight is 482 g/mol. The largest absolute Gasteiger partial charge is 0.497 e. The standard InChI is InChI=1S/C25H27N3O7/c1-15-10-21(29)23(24(32)27(15)2)28(25(33)26-9-8-22(30)31)18-11-17(13-20(14-18)35-4)16-6-5-7-19(12-16)34-3/h5-7,10-14,23H,8-9H2,1-4H3,(H,26,33)(H,30,31)/t23-/m0/s1. The molecule has 0 saturated carbocycles. The molecule has 0 aromatic heterocycles. The third kappa shape index (κ3) is 5.60. The van der Waals surface area contributed by atoms with Crippen molar-refractivity contribution in [3.05, 3.63) is 54.2 Å². The van der Waals surface area contributed by atoms with Crippen molar-refractivity contribution < 1.29 is 33.8 Å². The molecular formula is C25H27N3O7. The van der Waals surface area contributed by atoms with Gasteiger partial charge in [-0.1, -0.05) is 12.1 Å². The van der Waals surface area contributed by atoms with E-state index in [4.69, 9.17) is 14.6 Å². The number of carbonyl (C=O) groups excluding carboxylic acids is 3. The summed E-state index contributed by atoms with van der Waals surface area (Å²) >= 11 is 0. The number of nitrogens with zero attached hydrogens (tertiary/aromatic N) is 2. The lowest BCUT2D eigenvalue weighted by Gasteiger charge is -2.35. The van der Waals surface area contributed by atoms with E-state index in [1.54, 1.807) is 44.4 Å². The molecule has 1 heterocycles. The van der Waals surface area contributed by atoms with Crippen LogP contribution < -0.4 is 19.7 Å². The third-order valence-electron chi connectivity index (χ3n) is 5.61. The molecule has 3 amide bonds. The fourth-order valence-corrected chi connectivity index (χ4v) is 3.65. The van der Waals surface area contributed by atoms with Crippen molar-refractivity contribution in [1.82, 2.24) is 10.2 Å². The van der Waals surface area contributed by atoms with Gasteiger partial charge in [0.2, 0.25) is 0 Å². The molecule has 184 valence electrons. The minimum atomic E-state index is -1.47. The SMILES string of the molecule is COc1cccc(-c2cc(OC)cc(N(C(=O)NCCC(=O)O)[C@H]3C(=O)C=C(C)N(C)C3=O)c2)c1. The number of hydrogen-bond donors (Lipinski definition) is 2. The predicted octanol–water partition coefficient (Wildman–Crippen LogP) is 2.68. The number of carboxylic acids is 1. The highest BCUT2D eigenvalue weighted by Gasteiger charge is 2.41. The maximum absolute atomic E-state index is 13.3. The first-order valence-electron chi connectivity index (χ1n) is 10.8. The molecule has 2 aromatic rings. The number of hydrogen-bond acceptors (Lipinski definition) is 6. The van der Waals surface area contributed by atoms with Crippen LogP contribution in [-0.2, 0) is 14.4 Å². The highest BCUT2D eigenvalue weighted by atomic mass is 16.5. The molecule has 2 N–H and O–H groups in total. The van der Waals surface area contributed by atoms with Crippen molar-refractivity contribution in [2.75, 3.05) is 32.7 Å². The van der Waals surface area contributed by atoms with E-state index in [1.165, 1.54) is 31.2 Å². The first kappa shape index (κ1) is 25.3. The summed E-state index contributed by atoms with van der Waals surface area (Å²) in [6.45, 7) is 1.44. The Kier molecular flexibility index (Phi) is 7.75. The van der Waals surface area contributed by atoms with Crippen LogP contribution in [0.1, 0.15) is 13.3 Å². The second-order valence-electron chi connectivity index (χ2n) is 7.89. The minimum absolute atomic E-state index is 0.183. The molecule has 1 atom stereocenters. The normalized spacial score (nSPS) is 15.4. The van der Waals surface area contributed by atoms with Crippen LogP contribution in [0, 0.1) is 0 Å². The molecular weight excluding hydrogens is 454 g/mol. The Morgan fingerprint density at radius 2 is 1.74 bits per heavy atom.